The van der Waals surface area contributed by atoms with Gasteiger partial charge in [0.2, 0.25) is 5.91 Å². The molecule has 1 unspecified atom stereocenters. The maximum atomic E-state index is 12.5. The third kappa shape index (κ3) is 3.57. The fourth-order valence-electron chi connectivity index (χ4n) is 2.89. The maximum Gasteiger partial charge on any atom is 0.227 e. The van der Waals surface area contributed by atoms with Crippen molar-refractivity contribution >= 4 is 5.91 Å². The van der Waals surface area contributed by atoms with Crippen molar-refractivity contribution < 1.29 is 4.79 Å². The van der Waals surface area contributed by atoms with Crippen LogP contribution < -0.4 is 5.73 Å². The van der Waals surface area contributed by atoms with Crippen LogP contribution in [0.15, 0.2) is 24.3 Å². The topological polar surface area (TPSA) is 46.3 Å². The van der Waals surface area contributed by atoms with Crippen molar-refractivity contribution in [2.45, 2.75) is 45.1 Å². The lowest BCUT2D eigenvalue weighted by atomic mass is 9.97. The van der Waals surface area contributed by atoms with Gasteiger partial charge in [-0.25, -0.2) is 0 Å². The molecule has 1 fully saturated rings. The van der Waals surface area contributed by atoms with Gasteiger partial charge in [0.25, 0.3) is 0 Å². The Balaban J connectivity index is 2.03. The number of hydrogen-bond donors (Lipinski definition) is 1. The Morgan fingerprint density at radius 2 is 2.16 bits per heavy atom. The summed E-state index contributed by atoms with van der Waals surface area (Å²) in [5.74, 6) is 0.257. The zero-order valence-corrected chi connectivity index (χ0v) is 11.8. The highest BCUT2D eigenvalue weighted by Crippen LogP contribution is 2.21. The first-order valence-electron chi connectivity index (χ1n) is 7.26. The molecule has 1 atom stereocenters. The van der Waals surface area contributed by atoms with E-state index in [9.17, 15) is 4.79 Å². The minimum absolute atomic E-state index is 0.257. The molecular weight excluding hydrogens is 236 g/mol. The van der Waals surface area contributed by atoms with Crippen molar-refractivity contribution in [3.8, 4) is 0 Å². The van der Waals surface area contributed by atoms with Crippen LogP contribution in [-0.2, 0) is 11.2 Å². The Morgan fingerprint density at radius 3 is 2.89 bits per heavy atom. The highest BCUT2D eigenvalue weighted by molar-refractivity contribution is 5.79. The van der Waals surface area contributed by atoms with E-state index < -0.39 is 0 Å². The summed E-state index contributed by atoms with van der Waals surface area (Å²) in [5, 5.41) is 0. The molecule has 3 nitrogen and oxygen atoms in total. The lowest BCUT2D eigenvalue weighted by Crippen LogP contribution is -2.45. The number of aryl methyl sites for hydroxylation is 1. The van der Waals surface area contributed by atoms with E-state index in [1.807, 2.05) is 12.1 Å². The number of piperidine rings is 1. The maximum absolute atomic E-state index is 12.5. The zero-order chi connectivity index (χ0) is 13.7. The summed E-state index contributed by atoms with van der Waals surface area (Å²) >= 11 is 0. The molecule has 0 saturated carbocycles. The Hall–Kier alpha value is -1.35. The summed E-state index contributed by atoms with van der Waals surface area (Å²) in [6.07, 6.45) is 4.91. The van der Waals surface area contributed by atoms with Crippen LogP contribution in [0.1, 0.15) is 36.8 Å². The van der Waals surface area contributed by atoms with Crippen molar-refractivity contribution in [1.82, 2.24) is 4.90 Å². The molecule has 1 aromatic rings. The second kappa shape index (κ2) is 6.71. The molecule has 1 heterocycles. The van der Waals surface area contributed by atoms with E-state index in [1.54, 1.807) is 0 Å². The molecule has 19 heavy (non-hydrogen) atoms. The van der Waals surface area contributed by atoms with Crippen LogP contribution >= 0.6 is 0 Å². The minimum atomic E-state index is 0.257. The van der Waals surface area contributed by atoms with Gasteiger partial charge in [0.15, 0.2) is 0 Å². The van der Waals surface area contributed by atoms with Crippen LogP contribution in [0.2, 0.25) is 0 Å². The molecular formula is C16H24N2O. The average Bonchev–Trinajstić information content (AvgIpc) is 2.42. The molecule has 2 rings (SSSR count). The van der Waals surface area contributed by atoms with Crippen LogP contribution in [0, 0.1) is 6.92 Å². The summed E-state index contributed by atoms with van der Waals surface area (Å²) in [6.45, 7) is 3.63. The molecule has 0 aliphatic carbocycles. The Morgan fingerprint density at radius 1 is 1.37 bits per heavy atom. The third-order valence-corrected chi connectivity index (χ3v) is 4.05. The first-order valence-corrected chi connectivity index (χ1v) is 7.26. The monoisotopic (exact) mass is 260 g/mol. The van der Waals surface area contributed by atoms with E-state index >= 15 is 0 Å². The molecule has 2 N–H and O–H groups in total. The van der Waals surface area contributed by atoms with E-state index in [0.29, 0.717) is 19.0 Å². The van der Waals surface area contributed by atoms with Crippen LogP contribution in [-0.4, -0.2) is 29.9 Å². The quantitative estimate of drug-likeness (QED) is 0.902. The summed E-state index contributed by atoms with van der Waals surface area (Å²) < 4.78 is 0. The first-order chi connectivity index (χ1) is 9.22. The Labute approximate surface area is 115 Å². The van der Waals surface area contributed by atoms with Crippen molar-refractivity contribution in [2.24, 2.45) is 5.73 Å². The van der Waals surface area contributed by atoms with Crippen LogP contribution in [0.4, 0.5) is 0 Å². The highest BCUT2D eigenvalue weighted by Gasteiger charge is 2.25. The van der Waals surface area contributed by atoms with Crippen molar-refractivity contribution in [3.63, 3.8) is 0 Å². The Bertz CT molecular complexity index is 429. The van der Waals surface area contributed by atoms with Gasteiger partial charge in [-0.15, -0.1) is 0 Å². The number of nitrogens with zero attached hydrogens (tertiary/aromatic N) is 1. The summed E-state index contributed by atoms with van der Waals surface area (Å²) in [7, 11) is 0. The highest BCUT2D eigenvalue weighted by atomic mass is 16.2. The smallest absolute Gasteiger partial charge is 0.227 e. The van der Waals surface area contributed by atoms with Gasteiger partial charge < -0.3 is 10.6 Å². The molecule has 0 radical (unpaired) electrons. The molecule has 0 bridgehead atoms. The number of carbonyl (C=O) groups excluding carboxylic acids is 1. The molecule has 1 aromatic carbocycles. The van der Waals surface area contributed by atoms with Gasteiger partial charge in [-0.1, -0.05) is 24.3 Å². The SMILES string of the molecule is Cc1ccccc1CC(=O)N1CCCCC1CCN. The molecule has 1 aliphatic rings. The summed E-state index contributed by atoms with van der Waals surface area (Å²) in [5.41, 5.74) is 8.00. The van der Waals surface area contributed by atoms with Gasteiger partial charge in [-0.3, -0.25) is 4.79 Å². The van der Waals surface area contributed by atoms with Crippen LogP contribution in [0.3, 0.4) is 0 Å². The van der Waals surface area contributed by atoms with Gasteiger partial charge in [-0.2, -0.15) is 0 Å². The minimum Gasteiger partial charge on any atom is -0.339 e. The molecule has 1 saturated heterocycles. The first kappa shape index (κ1) is 14.1. The van der Waals surface area contributed by atoms with Gasteiger partial charge in [-0.05, 0) is 50.3 Å². The summed E-state index contributed by atoms with van der Waals surface area (Å²) in [4.78, 5) is 14.5. The second-order valence-electron chi connectivity index (χ2n) is 5.42. The van der Waals surface area contributed by atoms with Crippen LogP contribution in [0.25, 0.3) is 0 Å². The van der Waals surface area contributed by atoms with Gasteiger partial charge in [0, 0.05) is 12.6 Å². The van der Waals surface area contributed by atoms with Gasteiger partial charge in [0.1, 0.15) is 0 Å². The van der Waals surface area contributed by atoms with Gasteiger partial charge in [0.05, 0.1) is 6.42 Å². The average molecular weight is 260 g/mol. The van der Waals surface area contributed by atoms with E-state index in [0.717, 1.165) is 31.4 Å². The van der Waals surface area contributed by atoms with E-state index in [1.165, 1.54) is 12.0 Å². The van der Waals surface area contributed by atoms with E-state index in [2.05, 4.69) is 24.0 Å². The number of hydrogen-bond acceptors (Lipinski definition) is 2. The standard InChI is InChI=1S/C16H24N2O/c1-13-6-2-3-7-14(13)12-16(19)18-11-5-4-8-15(18)9-10-17/h2-3,6-7,15H,4-5,8-12,17H2,1H3. The number of benzene rings is 1. The molecule has 0 spiro atoms. The van der Waals surface area contributed by atoms with Crippen LogP contribution in [0.5, 0.6) is 0 Å². The van der Waals surface area contributed by atoms with Crippen molar-refractivity contribution in [1.29, 1.82) is 0 Å². The second-order valence-corrected chi connectivity index (χ2v) is 5.42. The Kier molecular flexibility index (Phi) is 4.97. The predicted octanol–water partition coefficient (Wildman–Crippen LogP) is 2.27. The van der Waals surface area contributed by atoms with Crippen molar-refractivity contribution in [2.75, 3.05) is 13.1 Å². The number of nitrogens with two attached hydrogens (primary N) is 1. The lowest BCUT2D eigenvalue weighted by Gasteiger charge is -2.36. The van der Waals surface area contributed by atoms with E-state index in [4.69, 9.17) is 5.73 Å². The number of amides is 1. The van der Waals surface area contributed by atoms with Gasteiger partial charge >= 0.3 is 0 Å². The number of carbonyl (C=O) groups is 1. The third-order valence-electron chi connectivity index (χ3n) is 4.05. The molecule has 104 valence electrons. The lowest BCUT2D eigenvalue weighted by molar-refractivity contribution is -0.134. The fraction of sp³-hybridized carbons (Fsp3) is 0.562. The molecule has 1 amide bonds. The predicted molar refractivity (Wildman–Crippen MR) is 77.9 cm³/mol. The number of likely N-dealkylation sites (tertiary alicyclic amines) is 1. The molecule has 0 aromatic heterocycles. The normalized spacial score (nSPS) is 19.5. The molecule has 1 aliphatic heterocycles. The van der Waals surface area contributed by atoms with Crippen molar-refractivity contribution in [3.05, 3.63) is 35.4 Å². The number of rotatable bonds is 4. The molecule has 3 heteroatoms. The fourth-order valence-corrected chi connectivity index (χ4v) is 2.89. The zero-order valence-electron chi connectivity index (χ0n) is 11.8. The largest absolute Gasteiger partial charge is 0.339 e. The van der Waals surface area contributed by atoms with E-state index in [-0.39, 0.29) is 5.91 Å². The summed E-state index contributed by atoms with van der Waals surface area (Å²) in [6, 6.07) is 8.49.